The fourth-order valence-corrected chi connectivity index (χ4v) is 3.34. The molecule has 15 heavy (non-hydrogen) atoms. The van der Waals surface area contributed by atoms with E-state index in [0.29, 0.717) is 10.9 Å². The molecule has 3 nitrogen and oxygen atoms in total. The molecule has 0 aromatic heterocycles. The van der Waals surface area contributed by atoms with Gasteiger partial charge in [-0.25, -0.2) is 0 Å². The van der Waals surface area contributed by atoms with E-state index in [1.165, 1.54) is 0 Å². The molecule has 1 heterocycles. The minimum absolute atomic E-state index is 0.0573. The zero-order valence-corrected chi connectivity index (χ0v) is 10.2. The summed E-state index contributed by atoms with van der Waals surface area (Å²) in [5.41, 5.74) is 5.64. The van der Waals surface area contributed by atoms with Gasteiger partial charge in [-0.3, -0.25) is 4.79 Å². The lowest BCUT2D eigenvalue weighted by atomic mass is 10.1. The molecule has 0 aromatic rings. The van der Waals surface area contributed by atoms with Gasteiger partial charge in [-0.1, -0.05) is 12.2 Å². The molecule has 1 aliphatic carbocycles. The molecule has 2 fully saturated rings. The van der Waals surface area contributed by atoms with Crippen molar-refractivity contribution >= 4 is 34.9 Å². The van der Waals surface area contributed by atoms with E-state index in [9.17, 15) is 4.79 Å². The Labute approximate surface area is 99.5 Å². The SMILES string of the molecule is NC(=S)C(NC(=O)C1CCSC1)C1CC1. The van der Waals surface area contributed by atoms with Gasteiger partial charge < -0.3 is 11.1 Å². The van der Waals surface area contributed by atoms with Gasteiger partial charge in [-0.2, -0.15) is 11.8 Å². The molecule has 1 saturated heterocycles. The van der Waals surface area contributed by atoms with Crippen LogP contribution in [-0.2, 0) is 4.79 Å². The normalized spacial score (nSPS) is 27.3. The largest absolute Gasteiger partial charge is 0.392 e. The second kappa shape index (κ2) is 4.70. The van der Waals surface area contributed by atoms with E-state index in [2.05, 4.69) is 5.32 Å². The van der Waals surface area contributed by atoms with E-state index in [1.54, 1.807) is 0 Å². The van der Waals surface area contributed by atoms with Crippen LogP contribution in [0.25, 0.3) is 0 Å². The highest BCUT2D eigenvalue weighted by Gasteiger charge is 2.35. The number of carbonyl (C=O) groups is 1. The highest BCUT2D eigenvalue weighted by molar-refractivity contribution is 7.99. The predicted molar refractivity (Wildman–Crippen MR) is 66.9 cm³/mol. The van der Waals surface area contributed by atoms with E-state index >= 15 is 0 Å². The number of carbonyl (C=O) groups excluding carboxylic acids is 1. The van der Waals surface area contributed by atoms with Crippen LogP contribution in [-0.4, -0.2) is 28.4 Å². The average Bonchev–Trinajstić information content (AvgIpc) is 2.87. The standard InChI is InChI=1S/C10H16N2OS2/c11-9(14)8(6-1-2-6)12-10(13)7-3-4-15-5-7/h6-8H,1-5H2,(H2,11,14)(H,12,13). The van der Waals surface area contributed by atoms with Crippen molar-refractivity contribution in [2.24, 2.45) is 17.6 Å². The third kappa shape index (κ3) is 2.84. The molecule has 0 radical (unpaired) electrons. The second-order valence-corrected chi connectivity index (χ2v) is 5.91. The highest BCUT2D eigenvalue weighted by Crippen LogP contribution is 2.33. The summed E-state index contributed by atoms with van der Waals surface area (Å²) in [7, 11) is 0. The molecule has 1 aliphatic heterocycles. The zero-order valence-electron chi connectivity index (χ0n) is 8.57. The molecular formula is C10H16N2OS2. The van der Waals surface area contributed by atoms with Crippen LogP contribution in [0.2, 0.25) is 0 Å². The summed E-state index contributed by atoms with van der Waals surface area (Å²) < 4.78 is 0. The van der Waals surface area contributed by atoms with E-state index < -0.39 is 0 Å². The van der Waals surface area contributed by atoms with E-state index in [4.69, 9.17) is 18.0 Å². The predicted octanol–water partition coefficient (Wildman–Crippen LogP) is 0.920. The number of nitrogens with one attached hydrogen (secondary N) is 1. The van der Waals surface area contributed by atoms with E-state index in [0.717, 1.165) is 30.8 Å². The van der Waals surface area contributed by atoms with Crippen LogP contribution in [0.5, 0.6) is 0 Å². The van der Waals surface area contributed by atoms with Gasteiger partial charge in [0.2, 0.25) is 5.91 Å². The number of amides is 1. The summed E-state index contributed by atoms with van der Waals surface area (Å²) in [6, 6.07) is -0.0573. The molecule has 2 atom stereocenters. The van der Waals surface area contributed by atoms with E-state index in [1.807, 2.05) is 11.8 Å². The number of thioether (sulfide) groups is 1. The summed E-state index contributed by atoms with van der Waals surface area (Å²) in [4.78, 5) is 12.3. The van der Waals surface area contributed by atoms with Gasteiger partial charge in [0.25, 0.3) is 0 Å². The summed E-state index contributed by atoms with van der Waals surface area (Å²) in [6.07, 6.45) is 3.27. The van der Waals surface area contributed by atoms with Crippen molar-refractivity contribution in [2.45, 2.75) is 25.3 Å². The first-order valence-corrected chi connectivity index (χ1v) is 6.92. The summed E-state index contributed by atoms with van der Waals surface area (Å²) in [5, 5.41) is 3.00. The second-order valence-electron chi connectivity index (χ2n) is 4.29. The number of nitrogens with two attached hydrogens (primary N) is 1. The van der Waals surface area contributed by atoms with Gasteiger partial charge in [0.15, 0.2) is 0 Å². The van der Waals surface area contributed by atoms with Crippen LogP contribution in [0.15, 0.2) is 0 Å². The third-order valence-corrected chi connectivity index (χ3v) is 4.41. The van der Waals surface area contributed by atoms with Crippen molar-refractivity contribution in [3.63, 3.8) is 0 Å². The number of thiocarbonyl (C=S) groups is 1. The van der Waals surface area contributed by atoms with Crippen molar-refractivity contribution in [3.8, 4) is 0 Å². The Hall–Kier alpha value is -0.290. The van der Waals surface area contributed by atoms with Crippen molar-refractivity contribution in [3.05, 3.63) is 0 Å². The molecule has 0 aromatic carbocycles. The smallest absolute Gasteiger partial charge is 0.224 e. The fourth-order valence-electron chi connectivity index (χ4n) is 1.86. The summed E-state index contributed by atoms with van der Waals surface area (Å²) >= 11 is 6.83. The molecule has 0 spiro atoms. The topological polar surface area (TPSA) is 55.1 Å². The maximum atomic E-state index is 11.9. The van der Waals surface area contributed by atoms with Crippen LogP contribution < -0.4 is 11.1 Å². The van der Waals surface area contributed by atoms with Gasteiger partial charge in [0.05, 0.1) is 11.0 Å². The zero-order chi connectivity index (χ0) is 10.8. The molecule has 2 unspecified atom stereocenters. The first kappa shape index (κ1) is 11.2. The Morgan fingerprint density at radius 1 is 1.47 bits per heavy atom. The lowest BCUT2D eigenvalue weighted by Gasteiger charge is -2.18. The molecule has 2 aliphatic rings. The molecule has 1 saturated carbocycles. The quantitative estimate of drug-likeness (QED) is 0.722. The van der Waals surface area contributed by atoms with Gasteiger partial charge in [-0.15, -0.1) is 0 Å². The van der Waals surface area contributed by atoms with Crippen molar-refractivity contribution < 1.29 is 4.79 Å². The summed E-state index contributed by atoms with van der Waals surface area (Å²) in [6.45, 7) is 0. The highest BCUT2D eigenvalue weighted by atomic mass is 32.2. The molecule has 1 amide bonds. The Kier molecular flexibility index (Phi) is 3.51. The molecule has 5 heteroatoms. The van der Waals surface area contributed by atoms with Crippen molar-refractivity contribution in [1.82, 2.24) is 5.32 Å². The van der Waals surface area contributed by atoms with Gasteiger partial charge in [0, 0.05) is 11.7 Å². The number of hydrogen-bond acceptors (Lipinski definition) is 3. The number of rotatable bonds is 4. The average molecular weight is 244 g/mol. The fraction of sp³-hybridized carbons (Fsp3) is 0.800. The van der Waals surface area contributed by atoms with Gasteiger partial charge in [-0.05, 0) is 30.9 Å². The van der Waals surface area contributed by atoms with Crippen LogP contribution in [0.3, 0.4) is 0 Å². The Bertz CT molecular complexity index is 273. The van der Waals surface area contributed by atoms with Crippen LogP contribution in [0, 0.1) is 11.8 Å². The number of hydrogen-bond donors (Lipinski definition) is 2. The molecule has 2 rings (SSSR count). The lowest BCUT2D eigenvalue weighted by molar-refractivity contribution is -0.124. The lowest BCUT2D eigenvalue weighted by Crippen LogP contribution is -2.47. The third-order valence-electron chi connectivity index (χ3n) is 3.00. The summed E-state index contributed by atoms with van der Waals surface area (Å²) in [5.74, 6) is 2.86. The van der Waals surface area contributed by atoms with E-state index in [-0.39, 0.29) is 17.9 Å². The minimum atomic E-state index is -0.0573. The van der Waals surface area contributed by atoms with Crippen molar-refractivity contribution in [1.29, 1.82) is 0 Å². The van der Waals surface area contributed by atoms with Crippen molar-refractivity contribution in [2.75, 3.05) is 11.5 Å². The first-order chi connectivity index (χ1) is 7.18. The van der Waals surface area contributed by atoms with Crippen LogP contribution in [0.4, 0.5) is 0 Å². The Morgan fingerprint density at radius 3 is 2.67 bits per heavy atom. The maximum Gasteiger partial charge on any atom is 0.224 e. The monoisotopic (exact) mass is 244 g/mol. The Balaban J connectivity index is 1.87. The molecule has 3 N–H and O–H groups in total. The Morgan fingerprint density at radius 2 is 2.20 bits per heavy atom. The molecule has 0 bridgehead atoms. The van der Waals surface area contributed by atoms with Crippen LogP contribution in [0.1, 0.15) is 19.3 Å². The van der Waals surface area contributed by atoms with Crippen LogP contribution >= 0.6 is 24.0 Å². The van der Waals surface area contributed by atoms with Gasteiger partial charge >= 0.3 is 0 Å². The maximum absolute atomic E-state index is 11.9. The molecule has 84 valence electrons. The minimum Gasteiger partial charge on any atom is -0.392 e. The first-order valence-electron chi connectivity index (χ1n) is 5.36. The van der Waals surface area contributed by atoms with Gasteiger partial charge in [0.1, 0.15) is 0 Å². The molecular weight excluding hydrogens is 228 g/mol.